The van der Waals surface area contributed by atoms with Crippen LogP contribution in [-0.2, 0) is 14.9 Å². The zero-order chi connectivity index (χ0) is 22.5. The molecule has 1 atom stereocenters. The number of anilines is 1. The molecule has 0 saturated heterocycles. The SMILES string of the molecule is Cc1onc(-c2nc3sc(C4(C(=O)O)CC4)nc3s2)c1NC(=O)OC(C)c1ccccc1. The average Bonchev–Trinajstić information content (AvgIpc) is 3.18. The number of rotatable bonds is 6. The molecule has 11 heteroatoms. The fourth-order valence-corrected chi connectivity index (χ4v) is 5.61. The monoisotopic (exact) mass is 470 g/mol. The number of amides is 1. The van der Waals surface area contributed by atoms with E-state index in [1.807, 2.05) is 30.3 Å². The van der Waals surface area contributed by atoms with Gasteiger partial charge in [-0.15, -0.1) is 0 Å². The lowest BCUT2D eigenvalue weighted by atomic mass is 10.1. The minimum absolute atomic E-state index is 0.376. The first-order valence-electron chi connectivity index (χ1n) is 9.88. The van der Waals surface area contributed by atoms with Crippen molar-refractivity contribution in [1.82, 2.24) is 15.1 Å². The van der Waals surface area contributed by atoms with Crippen LogP contribution in [0.5, 0.6) is 0 Å². The maximum Gasteiger partial charge on any atom is 0.412 e. The highest BCUT2D eigenvalue weighted by Gasteiger charge is 2.54. The van der Waals surface area contributed by atoms with E-state index in [1.54, 1.807) is 13.8 Å². The minimum Gasteiger partial charge on any atom is -0.481 e. The van der Waals surface area contributed by atoms with Gasteiger partial charge in [0.1, 0.15) is 22.2 Å². The summed E-state index contributed by atoms with van der Waals surface area (Å²) in [6.07, 6.45) is 0.118. The Morgan fingerprint density at radius 3 is 2.56 bits per heavy atom. The maximum atomic E-state index is 12.5. The lowest BCUT2D eigenvalue weighted by Crippen LogP contribution is -2.18. The first-order valence-corrected chi connectivity index (χ1v) is 11.5. The first-order chi connectivity index (χ1) is 15.4. The molecular weight excluding hydrogens is 452 g/mol. The van der Waals surface area contributed by atoms with Gasteiger partial charge in [0.25, 0.3) is 0 Å². The average molecular weight is 471 g/mol. The van der Waals surface area contributed by atoms with Crippen LogP contribution in [0.3, 0.4) is 0 Å². The van der Waals surface area contributed by atoms with Gasteiger partial charge in [-0.1, -0.05) is 58.2 Å². The highest BCUT2D eigenvalue weighted by Crippen LogP contribution is 2.51. The van der Waals surface area contributed by atoms with E-state index in [0.717, 1.165) is 5.56 Å². The molecule has 32 heavy (non-hydrogen) atoms. The fraction of sp³-hybridized carbons (Fsp3) is 0.286. The highest BCUT2D eigenvalue weighted by molar-refractivity contribution is 7.28. The maximum absolute atomic E-state index is 12.5. The number of ether oxygens (including phenoxy) is 1. The molecule has 1 unspecified atom stereocenters. The second kappa shape index (κ2) is 7.68. The first kappa shape index (κ1) is 20.6. The summed E-state index contributed by atoms with van der Waals surface area (Å²) in [4.78, 5) is 34.4. The number of thiazole rings is 2. The van der Waals surface area contributed by atoms with E-state index in [2.05, 4.69) is 20.4 Å². The molecule has 1 aliphatic rings. The molecule has 2 N–H and O–H groups in total. The van der Waals surface area contributed by atoms with Gasteiger partial charge in [0.2, 0.25) is 0 Å². The number of carboxylic acid groups (broad SMARTS) is 1. The Bertz CT molecular complexity index is 1290. The molecular formula is C21H18N4O5S2. The molecule has 3 heterocycles. The Labute approximate surface area is 190 Å². The summed E-state index contributed by atoms with van der Waals surface area (Å²) in [6.45, 7) is 3.47. The molecule has 4 aromatic rings. The molecule has 3 aromatic heterocycles. The zero-order valence-corrected chi connectivity index (χ0v) is 18.7. The Balaban J connectivity index is 1.36. The number of aryl methyl sites for hydroxylation is 1. The molecule has 9 nitrogen and oxygen atoms in total. The standard InChI is InChI=1S/C21H18N4O5S2/c1-10(12-6-4-3-5-7-12)29-20(28)22-13-11(2)30-25-14(13)15-23-16-17(31-15)24-18(32-16)21(8-9-21)19(26)27/h3-7,10H,8-9H2,1-2H3,(H,22,28)(H,26,27). The number of aromatic nitrogens is 3. The molecule has 0 bridgehead atoms. The molecule has 0 spiro atoms. The minimum atomic E-state index is -0.859. The van der Waals surface area contributed by atoms with Gasteiger partial charge < -0.3 is 14.4 Å². The van der Waals surface area contributed by atoms with Crippen LogP contribution in [-0.4, -0.2) is 32.3 Å². The Hall–Kier alpha value is -3.31. The normalized spacial score (nSPS) is 15.4. The Kier molecular flexibility index (Phi) is 4.94. The van der Waals surface area contributed by atoms with Crippen LogP contribution in [0.25, 0.3) is 20.4 Å². The van der Waals surface area contributed by atoms with Crippen LogP contribution in [0.1, 0.15) is 42.2 Å². The van der Waals surface area contributed by atoms with Gasteiger partial charge >= 0.3 is 12.1 Å². The van der Waals surface area contributed by atoms with Gasteiger partial charge in [-0.3, -0.25) is 10.1 Å². The number of hydrogen-bond acceptors (Lipinski definition) is 9. The third-order valence-corrected chi connectivity index (χ3v) is 7.63. The van der Waals surface area contributed by atoms with Gasteiger partial charge in [0.15, 0.2) is 26.1 Å². The molecule has 164 valence electrons. The summed E-state index contributed by atoms with van der Waals surface area (Å²) >= 11 is 2.55. The van der Waals surface area contributed by atoms with E-state index in [0.29, 0.717) is 49.7 Å². The second-order valence-corrected chi connectivity index (χ2v) is 9.54. The van der Waals surface area contributed by atoms with E-state index in [-0.39, 0.29) is 0 Å². The third-order valence-electron chi connectivity index (χ3n) is 5.39. The molecule has 5 rings (SSSR count). The van der Waals surface area contributed by atoms with Gasteiger partial charge in [-0.2, -0.15) is 0 Å². The lowest BCUT2D eigenvalue weighted by molar-refractivity contribution is -0.140. The van der Waals surface area contributed by atoms with Gasteiger partial charge in [0, 0.05) is 0 Å². The number of benzene rings is 1. The van der Waals surface area contributed by atoms with Crippen molar-refractivity contribution >= 4 is 50.1 Å². The molecule has 1 aromatic carbocycles. The number of carbonyl (C=O) groups is 2. The molecule has 0 aliphatic heterocycles. The summed E-state index contributed by atoms with van der Waals surface area (Å²) in [6, 6.07) is 9.42. The van der Waals surface area contributed by atoms with Crippen LogP contribution in [0.15, 0.2) is 34.9 Å². The van der Waals surface area contributed by atoms with Crippen molar-refractivity contribution in [3.05, 3.63) is 46.7 Å². The van der Waals surface area contributed by atoms with Crippen molar-refractivity contribution in [2.45, 2.75) is 38.2 Å². The van der Waals surface area contributed by atoms with Crippen molar-refractivity contribution in [2.75, 3.05) is 5.32 Å². The van der Waals surface area contributed by atoms with Crippen LogP contribution in [0, 0.1) is 6.92 Å². The molecule has 0 radical (unpaired) electrons. The van der Waals surface area contributed by atoms with Crippen molar-refractivity contribution < 1.29 is 24.0 Å². The van der Waals surface area contributed by atoms with Gasteiger partial charge in [-0.05, 0) is 32.3 Å². The smallest absolute Gasteiger partial charge is 0.412 e. The van der Waals surface area contributed by atoms with E-state index >= 15 is 0 Å². The summed E-state index contributed by atoms with van der Waals surface area (Å²) < 4.78 is 10.8. The van der Waals surface area contributed by atoms with Crippen LogP contribution < -0.4 is 5.32 Å². The molecule has 1 saturated carbocycles. The Morgan fingerprint density at radius 1 is 1.19 bits per heavy atom. The van der Waals surface area contributed by atoms with Crippen LogP contribution in [0.4, 0.5) is 10.5 Å². The number of nitrogens with zero attached hydrogens (tertiary/aromatic N) is 3. The second-order valence-electron chi connectivity index (χ2n) is 7.58. The van der Waals surface area contributed by atoms with E-state index < -0.39 is 23.6 Å². The van der Waals surface area contributed by atoms with Crippen LogP contribution >= 0.6 is 22.7 Å². The number of carboxylic acids is 1. The molecule has 1 fully saturated rings. The van der Waals surface area contributed by atoms with E-state index in [1.165, 1.54) is 22.7 Å². The van der Waals surface area contributed by atoms with E-state index in [9.17, 15) is 14.7 Å². The summed E-state index contributed by atoms with van der Waals surface area (Å²) in [5.41, 5.74) is 0.771. The predicted molar refractivity (Wildman–Crippen MR) is 119 cm³/mol. The topological polar surface area (TPSA) is 127 Å². The largest absolute Gasteiger partial charge is 0.481 e. The third kappa shape index (κ3) is 3.53. The number of hydrogen-bond donors (Lipinski definition) is 2. The van der Waals surface area contributed by atoms with Crippen LogP contribution in [0.2, 0.25) is 0 Å². The number of carbonyl (C=O) groups excluding carboxylic acids is 1. The Morgan fingerprint density at radius 2 is 1.91 bits per heavy atom. The van der Waals surface area contributed by atoms with Gasteiger partial charge in [0.05, 0.1) is 0 Å². The summed E-state index contributed by atoms with van der Waals surface area (Å²) in [5.74, 6) is -0.430. The highest BCUT2D eigenvalue weighted by atomic mass is 32.1. The van der Waals surface area contributed by atoms with Crippen molar-refractivity contribution in [1.29, 1.82) is 0 Å². The summed E-state index contributed by atoms with van der Waals surface area (Å²) in [5, 5.41) is 17.3. The van der Waals surface area contributed by atoms with E-state index in [4.69, 9.17) is 9.26 Å². The lowest BCUT2D eigenvalue weighted by Gasteiger charge is -2.14. The number of nitrogens with one attached hydrogen (secondary N) is 1. The quantitative estimate of drug-likeness (QED) is 0.396. The van der Waals surface area contributed by atoms with Gasteiger partial charge in [-0.25, -0.2) is 14.8 Å². The van der Waals surface area contributed by atoms with Crippen molar-refractivity contribution in [2.24, 2.45) is 0 Å². The zero-order valence-electron chi connectivity index (χ0n) is 17.1. The van der Waals surface area contributed by atoms with Crippen molar-refractivity contribution in [3.63, 3.8) is 0 Å². The molecule has 1 amide bonds. The van der Waals surface area contributed by atoms with Crippen molar-refractivity contribution in [3.8, 4) is 10.7 Å². The predicted octanol–water partition coefficient (Wildman–Crippen LogP) is 5.14. The number of fused-ring (bicyclic) bond motifs is 1. The number of aliphatic carboxylic acids is 1. The fourth-order valence-electron chi connectivity index (χ4n) is 3.34. The summed E-state index contributed by atoms with van der Waals surface area (Å²) in [7, 11) is 0. The molecule has 1 aliphatic carbocycles.